The molecule has 4 rings (SSSR count). The maximum absolute atomic E-state index is 15.6. The molecule has 11 nitrogen and oxygen atoms in total. The molecule has 1 saturated heterocycles. The molecule has 2 heterocycles. The SMILES string of the molecule is CCC(=O)N[C@@H](C(=O)N1CCN(C)CC1)[C@@H](C)c1ccc(NC(=O)C(NC(=O)C(F)(F)c2ccc(OC)nc2)C2CCC(C)CC2)c(F)c1. The lowest BCUT2D eigenvalue weighted by molar-refractivity contribution is -0.149. The Morgan fingerprint density at radius 3 is 2.27 bits per heavy atom. The number of benzene rings is 1. The second-order valence-corrected chi connectivity index (χ2v) is 13.2. The molecule has 0 spiro atoms. The lowest BCUT2D eigenvalue weighted by Gasteiger charge is -2.36. The first-order valence-corrected chi connectivity index (χ1v) is 16.8. The van der Waals surface area contributed by atoms with E-state index in [1.165, 1.54) is 25.3 Å². The van der Waals surface area contributed by atoms with Crippen molar-refractivity contribution in [2.24, 2.45) is 11.8 Å². The van der Waals surface area contributed by atoms with Gasteiger partial charge in [-0.15, -0.1) is 0 Å². The quantitative estimate of drug-likeness (QED) is 0.307. The van der Waals surface area contributed by atoms with Crippen molar-refractivity contribution in [2.75, 3.05) is 45.7 Å². The minimum atomic E-state index is -4.01. The van der Waals surface area contributed by atoms with E-state index >= 15 is 13.2 Å². The number of anilines is 1. The van der Waals surface area contributed by atoms with Gasteiger partial charge in [-0.3, -0.25) is 19.2 Å². The fourth-order valence-electron chi connectivity index (χ4n) is 6.28. The fraction of sp³-hybridized carbons (Fsp3) is 0.571. The molecule has 1 aromatic carbocycles. The molecule has 1 unspecified atom stereocenters. The number of amides is 4. The van der Waals surface area contributed by atoms with Crippen molar-refractivity contribution >= 4 is 29.3 Å². The number of carbonyl (C=O) groups is 4. The predicted molar refractivity (Wildman–Crippen MR) is 177 cm³/mol. The number of likely N-dealkylation sites (N-methyl/N-ethyl adjacent to an activating group) is 1. The number of nitrogens with one attached hydrogen (secondary N) is 3. The largest absolute Gasteiger partial charge is 0.481 e. The van der Waals surface area contributed by atoms with E-state index in [-0.39, 0.29) is 29.8 Å². The predicted octanol–water partition coefficient (Wildman–Crippen LogP) is 4.04. The number of piperazine rings is 1. The first-order chi connectivity index (χ1) is 23.2. The van der Waals surface area contributed by atoms with Crippen LogP contribution in [0.2, 0.25) is 0 Å². The molecule has 1 aromatic heterocycles. The summed E-state index contributed by atoms with van der Waals surface area (Å²) in [7, 11) is 3.30. The van der Waals surface area contributed by atoms with Gasteiger partial charge in [-0.25, -0.2) is 9.37 Å². The number of ether oxygens (including phenoxy) is 1. The average molecular weight is 689 g/mol. The van der Waals surface area contributed by atoms with E-state index in [0.29, 0.717) is 50.5 Å². The summed E-state index contributed by atoms with van der Waals surface area (Å²) in [5.41, 5.74) is -0.467. The Labute approximate surface area is 285 Å². The van der Waals surface area contributed by atoms with Crippen LogP contribution in [0.4, 0.5) is 18.9 Å². The number of pyridine rings is 1. The molecule has 0 radical (unpaired) electrons. The highest BCUT2D eigenvalue weighted by atomic mass is 19.3. The summed E-state index contributed by atoms with van der Waals surface area (Å²) in [5.74, 6) is -8.49. The van der Waals surface area contributed by atoms with Gasteiger partial charge in [-0.1, -0.05) is 39.7 Å². The van der Waals surface area contributed by atoms with Crippen LogP contribution >= 0.6 is 0 Å². The van der Waals surface area contributed by atoms with Crippen LogP contribution in [0.15, 0.2) is 36.5 Å². The molecule has 2 aromatic rings. The van der Waals surface area contributed by atoms with Gasteiger partial charge >= 0.3 is 5.92 Å². The molecule has 3 N–H and O–H groups in total. The second kappa shape index (κ2) is 16.5. The van der Waals surface area contributed by atoms with Crippen molar-refractivity contribution in [3.63, 3.8) is 0 Å². The minimum Gasteiger partial charge on any atom is -0.481 e. The maximum atomic E-state index is 15.6. The molecule has 0 bridgehead atoms. The van der Waals surface area contributed by atoms with Crippen LogP contribution in [-0.4, -0.2) is 90.8 Å². The average Bonchev–Trinajstić information content (AvgIpc) is 3.10. The van der Waals surface area contributed by atoms with Crippen LogP contribution in [0.25, 0.3) is 0 Å². The standard InChI is InChI=1S/C35H47F3N6O5/c1-6-28(45)41-30(33(47)44-17-15-43(4)16-18-44)22(3)24-11-13-27(26(36)19-24)40-32(46)31(23-9-7-21(2)8-10-23)42-34(48)35(37,38)25-12-14-29(49-5)39-20-25/h11-14,19-23,30-31H,6-10,15-18H2,1-5H3,(H,40,46)(H,41,45)(H,42,48)/t21?,22-,23?,30+,31?/m0/s1. The number of hydrogen-bond donors (Lipinski definition) is 3. The zero-order valence-electron chi connectivity index (χ0n) is 28.7. The van der Waals surface area contributed by atoms with Crippen molar-refractivity contribution < 1.29 is 37.1 Å². The summed E-state index contributed by atoms with van der Waals surface area (Å²) in [6.07, 6.45) is 3.52. The van der Waals surface area contributed by atoms with Gasteiger partial charge in [0.25, 0.3) is 5.91 Å². The number of halogens is 3. The van der Waals surface area contributed by atoms with Gasteiger partial charge in [0.15, 0.2) is 0 Å². The first kappa shape index (κ1) is 37.6. The van der Waals surface area contributed by atoms with Crippen molar-refractivity contribution in [1.82, 2.24) is 25.4 Å². The molecule has 4 amide bonds. The number of alkyl halides is 2. The van der Waals surface area contributed by atoms with E-state index < -0.39 is 53.0 Å². The Morgan fingerprint density at radius 2 is 1.69 bits per heavy atom. The highest BCUT2D eigenvalue weighted by Crippen LogP contribution is 2.34. The lowest BCUT2D eigenvalue weighted by atomic mass is 9.79. The Balaban J connectivity index is 1.53. The number of aromatic nitrogens is 1. The minimum absolute atomic E-state index is 0.0961. The molecule has 1 aliphatic carbocycles. The van der Waals surface area contributed by atoms with Gasteiger partial charge in [-0.2, -0.15) is 8.78 Å². The molecule has 268 valence electrons. The number of rotatable bonds is 12. The first-order valence-electron chi connectivity index (χ1n) is 16.8. The van der Waals surface area contributed by atoms with Crippen LogP contribution in [0.3, 0.4) is 0 Å². The van der Waals surface area contributed by atoms with Gasteiger partial charge < -0.3 is 30.5 Å². The zero-order valence-corrected chi connectivity index (χ0v) is 28.7. The van der Waals surface area contributed by atoms with Gasteiger partial charge in [0.05, 0.1) is 12.8 Å². The molecule has 1 aliphatic heterocycles. The molecule has 14 heteroatoms. The third-order valence-electron chi connectivity index (χ3n) is 9.69. The van der Waals surface area contributed by atoms with Crippen LogP contribution in [0.5, 0.6) is 5.88 Å². The molecule has 49 heavy (non-hydrogen) atoms. The van der Waals surface area contributed by atoms with Gasteiger partial charge in [0.1, 0.15) is 17.9 Å². The third kappa shape index (κ3) is 9.28. The molecule has 2 fully saturated rings. The molecule has 2 aliphatic rings. The van der Waals surface area contributed by atoms with Crippen LogP contribution in [0.1, 0.15) is 69.9 Å². The maximum Gasteiger partial charge on any atom is 0.351 e. The smallest absolute Gasteiger partial charge is 0.351 e. The van der Waals surface area contributed by atoms with Crippen molar-refractivity contribution in [2.45, 2.75) is 76.8 Å². The normalized spacial score (nSPS) is 20.4. The summed E-state index contributed by atoms with van der Waals surface area (Å²) in [6, 6.07) is 4.00. The zero-order chi connectivity index (χ0) is 35.9. The number of methoxy groups -OCH3 is 1. The van der Waals surface area contributed by atoms with Crippen LogP contribution < -0.4 is 20.7 Å². The Bertz CT molecular complexity index is 1480. The van der Waals surface area contributed by atoms with Crippen molar-refractivity contribution in [1.29, 1.82) is 0 Å². The topological polar surface area (TPSA) is 133 Å². The Hall–Kier alpha value is -4.20. The summed E-state index contributed by atoms with van der Waals surface area (Å²) >= 11 is 0. The Kier molecular flexibility index (Phi) is 12.6. The molecular weight excluding hydrogens is 641 g/mol. The van der Waals surface area contributed by atoms with Crippen molar-refractivity contribution in [3.8, 4) is 5.88 Å². The number of nitrogens with zero attached hydrogens (tertiary/aromatic N) is 3. The van der Waals surface area contributed by atoms with Gasteiger partial charge in [-0.05, 0) is 55.5 Å². The van der Waals surface area contributed by atoms with Gasteiger partial charge in [0.2, 0.25) is 23.6 Å². The van der Waals surface area contributed by atoms with E-state index in [4.69, 9.17) is 4.74 Å². The molecular formula is C35H47F3N6O5. The van der Waals surface area contributed by atoms with E-state index in [0.717, 1.165) is 25.1 Å². The van der Waals surface area contributed by atoms with E-state index in [1.54, 1.807) is 24.8 Å². The van der Waals surface area contributed by atoms with Crippen LogP contribution in [0, 0.1) is 17.7 Å². The summed E-state index contributed by atoms with van der Waals surface area (Å²) < 4.78 is 51.1. The molecule has 3 atom stereocenters. The monoisotopic (exact) mass is 688 g/mol. The third-order valence-corrected chi connectivity index (χ3v) is 9.69. The van der Waals surface area contributed by atoms with E-state index in [9.17, 15) is 19.2 Å². The summed E-state index contributed by atoms with van der Waals surface area (Å²) in [6.45, 7) is 7.83. The number of carbonyl (C=O) groups excluding carboxylic acids is 4. The molecule has 1 saturated carbocycles. The fourth-order valence-corrected chi connectivity index (χ4v) is 6.28. The Morgan fingerprint density at radius 1 is 1.02 bits per heavy atom. The highest BCUT2D eigenvalue weighted by molar-refractivity contribution is 5.98. The van der Waals surface area contributed by atoms with E-state index in [2.05, 4.69) is 32.8 Å². The number of hydrogen-bond acceptors (Lipinski definition) is 7. The van der Waals surface area contributed by atoms with Gasteiger partial charge in [0, 0.05) is 56.3 Å². The summed E-state index contributed by atoms with van der Waals surface area (Å²) in [5, 5.41) is 7.54. The van der Waals surface area contributed by atoms with Crippen molar-refractivity contribution in [3.05, 3.63) is 53.5 Å². The second-order valence-electron chi connectivity index (χ2n) is 13.2. The van der Waals surface area contributed by atoms with E-state index in [1.807, 2.05) is 7.05 Å². The summed E-state index contributed by atoms with van der Waals surface area (Å²) in [4.78, 5) is 60.1. The lowest BCUT2D eigenvalue weighted by Crippen LogP contribution is -2.55. The van der Waals surface area contributed by atoms with Crippen LogP contribution in [-0.2, 0) is 25.1 Å². The highest BCUT2D eigenvalue weighted by Gasteiger charge is 2.45.